The third-order valence-corrected chi connectivity index (χ3v) is 4.53. The van der Waals surface area contributed by atoms with Gasteiger partial charge in [-0.2, -0.15) is 0 Å². The second-order valence-corrected chi connectivity index (χ2v) is 5.53. The molecule has 17 heavy (non-hydrogen) atoms. The zero-order chi connectivity index (χ0) is 13.7. The van der Waals surface area contributed by atoms with Crippen molar-refractivity contribution in [1.29, 1.82) is 0 Å². The second kappa shape index (κ2) is 11.8. The first-order valence-corrected chi connectivity index (χ1v) is 7.42. The highest BCUT2D eigenvalue weighted by Crippen LogP contribution is 2.14. The van der Waals surface area contributed by atoms with E-state index in [1.54, 1.807) is 0 Å². The number of nitrogens with two attached hydrogens (primary N) is 1. The molecule has 0 aromatic heterocycles. The van der Waals surface area contributed by atoms with Crippen molar-refractivity contribution in [3.63, 3.8) is 0 Å². The lowest BCUT2D eigenvalue weighted by Crippen LogP contribution is -2.46. The molecule has 0 fully saturated rings. The molecule has 0 saturated heterocycles. The van der Waals surface area contributed by atoms with Crippen LogP contribution in [0.15, 0.2) is 0 Å². The van der Waals surface area contributed by atoms with E-state index in [-0.39, 0.29) is 6.61 Å². The zero-order valence-electron chi connectivity index (χ0n) is 10.6. The van der Waals surface area contributed by atoms with E-state index in [9.17, 15) is 0 Å². The molecule has 0 rings (SSSR count). The fourth-order valence-electron chi connectivity index (χ4n) is 1.14. The van der Waals surface area contributed by atoms with E-state index in [1.165, 1.54) is 0 Å². The summed E-state index contributed by atoms with van der Waals surface area (Å²) in [6.45, 7) is 7.43. The molecule has 4 N–H and O–H groups in total. The van der Waals surface area contributed by atoms with Gasteiger partial charge in [-0.15, -0.1) is 0 Å². The molecule has 7 nitrogen and oxygen atoms in total. The van der Waals surface area contributed by atoms with E-state index in [1.807, 2.05) is 20.8 Å². The van der Waals surface area contributed by atoms with Crippen LogP contribution in [0.2, 0.25) is 6.04 Å². The molecule has 104 valence electrons. The fraction of sp³-hybridized carbons (Fsp3) is 0.889. The summed E-state index contributed by atoms with van der Waals surface area (Å²) in [6.07, 6.45) is -1.33. The largest absolute Gasteiger partial charge is 0.503 e. The van der Waals surface area contributed by atoms with Gasteiger partial charge in [0.15, 0.2) is 0 Å². The molecule has 0 saturated carbocycles. The smallest absolute Gasteiger partial charge is 0.465 e. The normalized spacial score (nSPS) is 10.6. The monoisotopic (exact) mass is 269 g/mol. The third-order valence-electron chi connectivity index (χ3n) is 1.51. The fourth-order valence-corrected chi connectivity index (χ4v) is 3.41. The van der Waals surface area contributed by atoms with Crippen LogP contribution in [-0.4, -0.2) is 51.5 Å². The predicted octanol–water partition coefficient (Wildman–Crippen LogP) is 0.650. The lowest BCUT2D eigenvalue weighted by molar-refractivity contribution is 0.0665. The van der Waals surface area contributed by atoms with Gasteiger partial charge in [-0.25, -0.2) is 4.79 Å². The summed E-state index contributed by atoms with van der Waals surface area (Å²) in [5.41, 5.74) is 4.03. The minimum atomic E-state index is -2.55. The molecule has 0 radical (unpaired) electrons. The van der Waals surface area contributed by atoms with Crippen molar-refractivity contribution < 1.29 is 28.3 Å². The van der Waals surface area contributed by atoms with Crippen molar-refractivity contribution in [2.75, 3.05) is 26.4 Å². The summed E-state index contributed by atoms with van der Waals surface area (Å²) in [6, 6.07) is 0.475. The van der Waals surface area contributed by atoms with Crippen molar-refractivity contribution in [3.8, 4) is 0 Å². The molecule has 0 aromatic rings. The Bertz CT molecular complexity index is 159. The minimum Gasteiger partial charge on any atom is -0.465 e. The Hall–Kier alpha value is -0.673. The van der Waals surface area contributed by atoms with Crippen LogP contribution >= 0.6 is 0 Å². The number of carbonyl (C=O) groups is 1. The predicted molar refractivity (Wildman–Crippen MR) is 64.7 cm³/mol. The summed E-state index contributed by atoms with van der Waals surface area (Å²) < 4.78 is 16.5. The number of aliphatic hydroxyl groups is 1. The molecule has 1 amide bonds. The third kappa shape index (κ3) is 11.6. The van der Waals surface area contributed by atoms with Gasteiger partial charge in [0, 0.05) is 32.5 Å². The van der Waals surface area contributed by atoms with Crippen molar-refractivity contribution in [1.82, 2.24) is 0 Å². The topological polar surface area (TPSA) is 111 Å². The van der Waals surface area contributed by atoms with Crippen LogP contribution in [0.1, 0.15) is 20.8 Å². The van der Waals surface area contributed by atoms with Crippen molar-refractivity contribution >= 4 is 14.9 Å². The van der Waals surface area contributed by atoms with Gasteiger partial charge in [0.25, 0.3) is 0 Å². The van der Waals surface area contributed by atoms with Crippen molar-refractivity contribution in [3.05, 3.63) is 0 Å². The number of rotatable bonds is 8. The first kappa shape index (κ1) is 18.7. The number of hydrogen-bond donors (Lipinski definition) is 3. The highest BCUT2D eigenvalue weighted by molar-refractivity contribution is 6.60. The molecule has 0 aliphatic heterocycles. The van der Waals surface area contributed by atoms with Crippen LogP contribution in [-0.2, 0) is 13.3 Å². The summed E-state index contributed by atoms with van der Waals surface area (Å²) in [7, 11) is -2.55. The number of primary amides is 1. The van der Waals surface area contributed by atoms with E-state index in [2.05, 4.69) is 5.73 Å². The van der Waals surface area contributed by atoms with Crippen LogP contribution in [0, 0.1) is 0 Å². The molecule has 8 heteroatoms. The van der Waals surface area contributed by atoms with Gasteiger partial charge in [0.2, 0.25) is 0 Å². The Morgan fingerprint density at radius 2 is 1.41 bits per heavy atom. The lowest BCUT2D eigenvalue weighted by Gasteiger charge is -2.27. The standard InChI is InChI=1S/C8H20O4Si.CH3NO2/c1-4-10-13(8-7-9,11-5-2)12-6-3;2-1(3)4/h9H,4-8H2,1-3H3;2H2,(H,3,4). The van der Waals surface area contributed by atoms with Crippen LogP contribution in [0.4, 0.5) is 4.79 Å². The molecular formula is C9H23NO6Si. The van der Waals surface area contributed by atoms with Crippen LogP contribution < -0.4 is 5.73 Å². The van der Waals surface area contributed by atoms with Crippen LogP contribution in [0.3, 0.4) is 0 Å². The average molecular weight is 269 g/mol. The Labute approximate surface area is 103 Å². The first-order chi connectivity index (χ1) is 7.97. The van der Waals surface area contributed by atoms with Gasteiger partial charge in [-0.3, -0.25) is 0 Å². The van der Waals surface area contributed by atoms with E-state index < -0.39 is 14.9 Å². The lowest BCUT2D eigenvalue weighted by atomic mass is 10.9. The van der Waals surface area contributed by atoms with E-state index in [4.69, 9.17) is 28.3 Å². The number of carboxylic acid groups (broad SMARTS) is 1. The van der Waals surface area contributed by atoms with Crippen molar-refractivity contribution in [2.24, 2.45) is 5.73 Å². The molecule has 0 aromatic carbocycles. The second-order valence-electron chi connectivity index (χ2n) is 2.79. The zero-order valence-corrected chi connectivity index (χ0v) is 11.6. The Balaban J connectivity index is 0. The molecule has 0 atom stereocenters. The van der Waals surface area contributed by atoms with E-state index in [0.717, 1.165) is 0 Å². The molecule has 0 bridgehead atoms. The van der Waals surface area contributed by atoms with E-state index >= 15 is 0 Å². The SMILES string of the molecule is CCO[Si](CCO)(OCC)OCC.NC(=O)O. The average Bonchev–Trinajstić information content (AvgIpc) is 2.18. The van der Waals surface area contributed by atoms with E-state index in [0.29, 0.717) is 25.9 Å². The molecule has 0 heterocycles. The van der Waals surface area contributed by atoms with Gasteiger partial charge >= 0.3 is 14.9 Å². The molecule has 0 unspecified atom stereocenters. The van der Waals surface area contributed by atoms with Gasteiger partial charge in [0.1, 0.15) is 0 Å². The molecule has 0 spiro atoms. The van der Waals surface area contributed by atoms with Crippen molar-refractivity contribution in [2.45, 2.75) is 26.8 Å². The summed E-state index contributed by atoms with van der Waals surface area (Å²) in [5.74, 6) is 0. The summed E-state index contributed by atoms with van der Waals surface area (Å²) >= 11 is 0. The maximum Gasteiger partial charge on any atom is 0.503 e. The summed E-state index contributed by atoms with van der Waals surface area (Å²) in [5, 5.41) is 16.1. The quantitative estimate of drug-likeness (QED) is 0.558. The molecule has 0 aliphatic rings. The van der Waals surface area contributed by atoms with Crippen LogP contribution in [0.25, 0.3) is 0 Å². The number of hydrogen-bond acceptors (Lipinski definition) is 5. The highest BCUT2D eigenvalue weighted by Gasteiger charge is 2.39. The van der Waals surface area contributed by atoms with Gasteiger partial charge in [-0.1, -0.05) is 0 Å². The van der Waals surface area contributed by atoms with Gasteiger partial charge in [-0.05, 0) is 20.8 Å². The highest BCUT2D eigenvalue weighted by atomic mass is 28.4. The number of aliphatic hydroxyl groups excluding tert-OH is 1. The summed E-state index contributed by atoms with van der Waals surface area (Å²) in [4.78, 5) is 8.78. The minimum absolute atomic E-state index is 0.0478. The van der Waals surface area contributed by atoms with Gasteiger partial charge in [0.05, 0.1) is 0 Å². The maximum absolute atomic E-state index is 8.88. The Kier molecular flexibility index (Phi) is 13.0. The maximum atomic E-state index is 8.88. The van der Waals surface area contributed by atoms with Crippen LogP contribution in [0.5, 0.6) is 0 Å². The van der Waals surface area contributed by atoms with Gasteiger partial charge < -0.3 is 29.2 Å². The Morgan fingerprint density at radius 3 is 1.59 bits per heavy atom. The number of amides is 1. The molecule has 0 aliphatic carbocycles. The Morgan fingerprint density at radius 1 is 1.12 bits per heavy atom. The molecular weight excluding hydrogens is 246 g/mol. The first-order valence-electron chi connectivity index (χ1n) is 5.49.